The maximum Gasteiger partial charge on any atom is 0.0713 e. The van der Waals surface area contributed by atoms with Crippen LogP contribution in [0.5, 0.6) is 0 Å². The van der Waals surface area contributed by atoms with Crippen LogP contribution in [0.25, 0.3) is 66.8 Å². The lowest BCUT2D eigenvalue weighted by Crippen LogP contribution is -2.28. The van der Waals surface area contributed by atoms with Crippen LogP contribution >= 0.6 is 0 Å². The van der Waals surface area contributed by atoms with Crippen molar-refractivity contribution in [2.45, 2.75) is 244 Å². The van der Waals surface area contributed by atoms with Gasteiger partial charge in [-0.1, -0.05) is 503 Å². The van der Waals surface area contributed by atoms with Crippen molar-refractivity contribution in [1.29, 1.82) is 0 Å². The fraction of sp³-hybridized carbons (Fsp3) is 0.311. The predicted molar refractivity (Wildman–Crippen MR) is 560 cm³/mol. The highest BCUT2D eigenvalue weighted by molar-refractivity contribution is 5.91. The Kier molecular flexibility index (Phi) is 50.6. The van der Waals surface area contributed by atoms with E-state index in [1.807, 2.05) is 194 Å². The highest BCUT2D eigenvalue weighted by Gasteiger charge is 2.48. The molecule has 2 heteroatoms. The highest BCUT2D eigenvalue weighted by atomic mass is 15.1. The van der Waals surface area contributed by atoms with Crippen molar-refractivity contribution in [1.82, 2.24) is 0 Å². The minimum absolute atomic E-state index is 0.375. The number of fused-ring (bicyclic) bond motifs is 12. The van der Waals surface area contributed by atoms with Gasteiger partial charge in [-0.25, -0.2) is 0 Å². The molecule has 0 aliphatic heterocycles. The third kappa shape index (κ3) is 23.2. The van der Waals surface area contributed by atoms with E-state index in [2.05, 4.69) is 363 Å². The van der Waals surface area contributed by atoms with Crippen LogP contribution in [0.4, 0.5) is 11.4 Å². The second-order valence-electron chi connectivity index (χ2n) is 26.2. The van der Waals surface area contributed by atoms with E-state index in [0.29, 0.717) is 0 Å². The van der Waals surface area contributed by atoms with Crippen molar-refractivity contribution in [3.05, 3.63) is 418 Å². The van der Waals surface area contributed by atoms with Gasteiger partial charge in [0.15, 0.2) is 0 Å². The highest BCUT2D eigenvalue weighted by Crippen LogP contribution is 2.59. The first kappa shape index (κ1) is 107. The fourth-order valence-corrected chi connectivity index (χ4v) is 17.0. The van der Waals surface area contributed by atoms with Gasteiger partial charge in [-0.15, -0.1) is 0 Å². The zero-order chi connectivity index (χ0) is 92.2. The molecule has 0 radical (unpaired) electrons. The van der Waals surface area contributed by atoms with Crippen LogP contribution in [0.1, 0.15) is 286 Å². The lowest BCUT2D eigenvalue weighted by atomic mass is 9.67. The van der Waals surface area contributed by atoms with Crippen LogP contribution < -0.4 is 9.80 Å². The molecule has 0 saturated heterocycles. The Hall–Kier alpha value is -11.3. The molecular formula is C122H158N2. The first-order chi connectivity index (χ1) is 61.5. The summed E-state index contributed by atoms with van der Waals surface area (Å²) in [4.78, 5) is 5.02. The zero-order valence-electron chi connectivity index (χ0n) is 82.5. The molecule has 0 heterocycles. The van der Waals surface area contributed by atoms with Crippen molar-refractivity contribution in [3.8, 4) is 66.8 Å². The minimum Gasteiger partial charge on any atom is -0.367 e. The monoisotopic (exact) mass is 1650 g/mol. The molecule has 0 amide bonds. The van der Waals surface area contributed by atoms with E-state index in [9.17, 15) is 0 Å². The smallest absolute Gasteiger partial charge is 0.0713 e. The molecule has 14 aromatic carbocycles. The third-order valence-electron chi connectivity index (χ3n) is 21.4. The van der Waals surface area contributed by atoms with E-state index in [-0.39, 0.29) is 10.8 Å². The number of benzene rings is 14. The first-order valence-electron chi connectivity index (χ1n) is 48.3. The Morgan fingerprint density at radius 3 is 0.855 bits per heavy atom. The molecule has 656 valence electrons. The Morgan fingerprint density at radius 1 is 0.210 bits per heavy atom. The van der Waals surface area contributed by atoms with Crippen molar-refractivity contribution in [2.75, 3.05) is 22.9 Å². The number of anilines is 2. The maximum absolute atomic E-state index is 2.51. The fourth-order valence-electron chi connectivity index (χ4n) is 17.0. The number of rotatable bonds is 14. The lowest BCUT2D eigenvalue weighted by Gasteiger charge is -2.34. The van der Waals surface area contributed by atoms with Crippen LogP contribution in [-0.2, 0) is 36.8 Å². The summed E-state index contributed by atoms with van der Waals surface area (Å²) in [6.07, 6.45) is 2.03. The molecule has 0 fully saturated rings. The zero-order valence-corrected chi connectivity index (χ0v) is 82.5. The number of nitrogens with zero attached hydrogens (tertiary/aromatic N) is 2. The molecule has 0 atom stereocenters. The van der Waals surface area contributed by atoms with Crippen molar-refractivity contribution in [3.63, 3.8) is 0 Å². The van der Waals surface area contributed by atoms with Crippen LogP contribution in [0.3, 0.4) is 0 Å². The van der Waals surface area contributed by atoms with E-state index in [1.165, 1.54) is 156 Å². The minimum atomic E-state index is -0.376. The summed E-state index contributed by atoms with van der Waals surface area (Å²) in [5.41, 5.74) is 36.9. The second-order valence-corrected chi connectivity index (χ2v) is 26.2. The molecule has 0 N–H and O–H groups in total. The average molecular weight is 1650 g/mol. The summed E-state index contributed by atoms with van der Waals surface area (Å²) in [6, 6.07) is 126. The largest absolute Gasteiger partial charge is 0.367 e. The van der Waals surface area contributed by atoms with Gasteiger partial charge in [-0.2, -0.15) is 0 Å². The summed E-state index contributed by atoms with van der Waals surface area (Å²) in [5, 5.41) is 0. The standard InChI is InChI=1S/2C47H37N.14C2H6/c1-2-48(38-29-27-33(28-30-38)39-23-14-24-41-40-21-10-9-15-34(40)31-43(39)41)32-35-16-13-26-45-46(35)42-22-11-12-25-44(42)47(45,36-17-5-3-6-18-36)37-19-7-4-8-20-37;1-2-48(40-28-26-33(27-29-40)34-24-25-36-30-35-14-9-10-20-41(35)43(36)31-34)32-37-15-13-23-45-46(37)42-21-11-12-22-44(42)47(45,38-16-5-3-6-17-38)39-18-7-4-8-19-39;14*1-2/h3-30H,2,31-32H2,1H3;3-29,31H,2,30,32H2,1H3;14*1-2H3. The van der Waals surface area contributed by atoms with Crippen LogP contribution in [-0.4, -0.2) is 13.1 Å². The van der Waals surface area contributed by atoms with Gasteiger partial charge in [-0.05, 0) is 202 Å². The molecule has 0 aromatic heterocycles. The third-order valence-corrected chi connectivity index (χ3v) is 21.4. The Morgan fingerprint density at radius 2 is 0.484 bits per heavy atom. The molecule has 0 spiro atoms. The molecule has 4 aliphatic rings. The van der Waals surface area contributed by atoms with Gasteiger partial charge < -0.3 is 9.80 Å². The Bertz CT molecular complexity index is 5100. The number of hydrogen-bond donors (Lipinski definition) is 0. The summed E-state index contributed by atoms with van der Waals surface area (Å²) in [5.74, 6) is 0. The van der Waals surface area contributed by atoms with Crippen LogP contribution in [0.15, 0.2) is 340 Å². The van der Waals surface area contributed by atoms with Gasteiger partial charge >= 0.3 is 0 Å². The topological polar surface area (TPSA) is 6.48 Å². The summed E-state index contributed by atoms with van der Waals surface area (Å²) in [7, 11) is 0. The van der Waals surface area contributed by atoms with Crippen molar-refractivity contribution < 1.29 is 0 Å². The summed E-state index contributed by atoms with van der Waals surface area (Å²) >= 11 is 0. The second kappa shape index (κ2) is 58.7. The molecule has 4 aliphatic carbocycles. The van der Waals surface area contributed by atoms with Crippen LogP contribution in [0, 0.1) is 0 Å². The normalized spacial score (nSPS) is 11.0. The average Bonchev–Trinajstić information content (AvgIpc) is 1.54. The first-order valence-corrected chi connectivity index (χ1v) is 48.3. The quantitative estimate of drug-likeness (QED) is 0.107. The van der Waals surface area contributed by atoms with Gasteiger partial charge in [-0.3, -0.25) is 0 Å². The molecule has 2 nitrogen and oxygen atoms in total. The molecule has 0 saturated carbocycles. The van der Waals surface area contributed by atoms with E-state index < -0.39 is 0 Å². The van der Waals surface area contributed by atoms with Gasteiger partial charge in [0.1, 0.15) is 0 Å². The Labute approximate surface area is 758 Å². The molecular weight excluding hydrogens is 1490 g/mol. The van der Waals surface area contributed by atoms with Gasteiger partial charge in [0.2, 0.25) is 0 Å². The van der Waals surface area contributed by atoms with E-state index in [1.54, 1.807) is 0 Å². The molecule has 124 heavy (non-hydrogen) atoms. The van der Waals surface area contributed by atoms with Crippen molar-refractivity contribution >= 4 is 11.4 Å². The predicted octanol–water partition coefficient (Wildman–Crippen LogP) is 37.0. The SMILES string of the molecule is CC.CC.CC.CC.CC.CC.CC.CC.CC.CC.CC.CC.CC.CC.CCN(Cc1cccc2c1-c1ccccc1C2(c1ccccc1)c1ccccc1)c1ccc(-c2ccc3c(c2)-c2ccccc2C3)cc1.CCN(Cc1cccc2c1-c1ccccc1C2(c1ccccc1)c1ccccc1)c1ccc(-c2cccc3c2Cc2ccccc2-3)cc1. The van der Waals surface area contributed by atoms with Crippen molar-refractivity contribution in [2.24, 2.45) is 0 Å². The van der Waals surface area contributed by atoms with E-state index in [0.717, 1.165) is 39.0 Å². The molecule has 18 rings (SSSR count). The van der Waals surface area contributed by atoms with Gasteiger partial charge in [0.05, 0.1) is 10.8 Å². The van der Waals surface area contributed by atoms with Gasteiger partial charge in [0.25, 0.3) is 0 Å². The molecule has 14 aromatic rings. The summed E-state index contributed by atoms with van der Waals surface area (Å²) < 4.78 is 0. The van der Waals surface area contributed by atoms with Gasteiger partial charge in [0, 0.05) is 37.6 Å². The van der Waals surface area contributed by atoms with E-state index in [4.69, 9.17) is 0 Å². The molecule has 0 bridgehead atoms. The Balaban J connectivity index is 0.000000500. The molecule has 0 unspecified atom stereocenters. The lowest BCUT2D eigenvalue weighted by molar-refractivity contribution is 0.766. The van der Waals surface area contributed by atoms with Crippen LogP contribution in [0.2, 0.25) is 0 Å². The number of hydrogen-bond acceptors (Lipinski definition) is 2. The summed E-state index contributed by atoms with van der Waals surface area (Å²) in [6.45, 7) is 64.0. The van der Waals surface area contributed by atoms with E-state index >= 15 is 0 Å². The maximum atomic E-state index is 2.51.